The van der Waals surface area contributed by atoms with Crippen molar-refractivity contribution in [2.75, 3.05) is 26.9 Å². The Morgan fingerprint density at radius 2 is 2.03 bits per heavy atom. The van der Waals surface area contributed by atoms with Gasteiger partial charge in [0.05, 0.1) is 56.1 Å². The first-order chi connectivity index (χ1) is 18.8. The van der Waals surface area contributed by atoms with Crippen LogP contribution in [0, 0.1) is 0 Å². The van der Waals surface area contributed by atoms with Gasteiger partial charge in [0.2, 0.25) is 5.65 Å². The summed E-state index contributed by atoms with van der Waals surface area (Å²) in [4.78, 5) is 28.8. The number of hydrogen-bond acceptors (Lipinski definition) is 7. The van der Waals surface area contributed by atoms with Gasteiger partial charge in [-0.1, -0.05) is 12.2 Å². The first-order valence-electron chi connectivity index (χ1n) is 13.2. The number of nitrogens with zero attached hydrogens (tertiary/aromatic N) is 5. The Hall–Kier alpha value is -3.92. The lowest BCUT2D eigenvalue weighted by Gasteiger charge is -2.30. The van der Waals surface area contributed by atoms with Crippen LogP contribution in [0.5, 0.6) is 11.6 Å². The summed E-state index contributed by atoms with van der Waals surface area (Å²) in [6.07, 6.45) is 12.0. The number of urea groups is 1. The largest absolute Gasteiger partial charge is 0.494 e. The molecule has 0 fully saturated rings. The third kappa shape index (κ3) is 7.57. The van der Waals surface area contributed by atoms with Gasteiger partial charge in [0, 0.05) is 30.7 Å². The van der Waals surface area contributed by atoms with Crippen LogP contribution in [-0.2, 0) is 4.74 Å². The molecule has 210 valence electrons. The van der Waals surface area contributed by atoms with Crippen molar-refractivity contribution < 1.29 is 19.0 Å². The Morgan fingerprint density at radius 3 is 2.69 bits per heavy atom. The molecule has 0 spiro atoms. The number of rotatable bonds is 15. The second-order valence-corrected chi connectivity index (χ2v) is 9.34. The minimum absolute atomic E-state index is 0.0698. The average Bonchev–Trinajstić information content (AvgIpc) is 3.41. The predicted molar refractivity (Wildman–Crippen MR) is 152 cm³/mol. The van der Waals surface area contributed by atoms with Gasteiger partial charge in [0.1, 0.15) is 5.75 Å². The molecule has 10 heteroatoms. The standard InChI is InChI=1S/C29H40N6O4/c1-8-11-15-38-28-27-30-13-14-34(27)18-25(33-28)23-16-24(31-17-26(23)37-7)21(6)35(10-3)29(36)32-22(12-9-2)19-39-20(4)5/h8-9,13-14,16-18,20-22H,1-2,10-12,15,19H2,3-7H3,(H,32,36)/t21-,22?/m1/s1. The van der Waals surface area contributed by atoms with Crippen molar-refractivity contribution in [3.63, 3.8) is 0 Å². The number of hydrogen-bond donors (Lipinski definition) is 1. The van der Waals surface area contributed by atoms with Crippen molar-refractivity contribution in [2.45, 2.75) is 58.7 Å². The second-order valence-electron chi connectivity index (χ2n) is 9.34. The second kappa shape index (κ2) is 14.3. The van der Waals surface area contributed by atoms with Gasteiger partial charge >= 0.3 is 6.03 Å². The van der Waals surface area contributed by atoms with E-state index in [4.69, 9.17) is 19.2 Å². The topological polar surface area (TPSA) is 103 Å². The van der Waals surface area contributed by atoms with Gasteiger partial charge in [-0.15, -0.1) is 13.2 Å². The number of amides is 2. The number of nitrogens with one attached hydrogen (secondary N) is 1. The molecular formula is C29H40N6O4. The van der Waals surface area contributed by atoms with Crippen LogP contribution < -0.4 is 14.8 Å². The van der Waals surface area contributed by atoms with Crippen LogP contribution in [0.25, 0.3) is 16.9 Å². The van der Waals surface area contributed by atoms with Gasteiger partial charge in [-0.25, -0.2) is 14.8 Å². The maximum Gasteiger partial charge on any atom is 0.318 e. The zero-order chi connectivity index (χ0) is 28.4. The number of pyridine rings is 1. The number of imidazole rings is 1. The van der Waals surface area contributed by atoms with Crippen molar-refractivity contribution in [1.29, 1.82) is 0 Å². The van der Waals surface area contributed by atoms with Gasteiger partial charge in [-0.2, -0.15) is 0 Å². The highest BCUT2D eigenvalue weighted by molar-refractivity contribution is 5.75. The fourth-order valence-electron chi connectivity index (χ4n) is 4.11. The fourth-order valence-corrected chi connectivity index (χ4v) is 4.11. The number of methoxy groups -OCH3 is 1. The molecule has 2 atom stereocenters. The molecule has 0 saturated carbocycles. The van der Waals surface area contributed by atoms with E-state index in [1.54, 1.807) is 36.6 Å². The van der Waals surface area contributed by atoms with Crippen LogP contribution in [0.2, 0.25) is 0 Å². The SMILES string of the molecule is C=CCCOc1nc(-c2cc([C@@H](C)N(CC)C(=O)NC(CC=C)COC(C)C)ncc2OC)cn2ccnc12. The molecule has 3 aromatic heterocycles. The highest BCUT2D eigenvalue weighted by Gasteiger charge is 2.25. The van der Waals surface area contributed by atoms with E-state index in [2.05, 4.69) is 28.4 Å². The first kappa shape index (κ1) is 29.6. The molecule has 0 aliphatic carbocycles. The van der Waals surface area contributed by atoms with Gasteiger partial charge in [-0.05, 0) is 46.6 Å². The minimum Gasteiger partial charge on any atom is -0.494 e. The molecule has 0 radical (unpaired) electrons. The number of aromatic nitrogens is 4. The van der Waals surface area contributed by atoms with Gasteiger partial charge < -0.3 is 28.8 Å². The third-order valence-corrected chi connectivity index (χ3v) is 6.20. The van der Waals surface area contributed by atoms with Crippen molar-refractivity contribution >= 4 is 11.7 Å². The zero-order valence-corrected chi connectivity index (χ0v) is 23.6. The molecule has 39 heavy (non-hydrogen) atoms. The van der Waals surface area contributed by atoms with Crippen LogP contribution in [0.3, 0.4) is 0 Å². The fraction of sp³-hybridized carbons (Fsp3) is 0.448. The molecule has 3 heterocycles. The molecule has 0 aliphatic heterocycles. The molecular weight excluding hydrogens is 496 g/mol. The average molecular weight is 537 g/mol. The van der Waals surface area contributed by atoms with E-state index in [-0.39, 0.29) is 24.2 Å². The van der Waals surface area contributed by atoms with Gasteiger partial charge in [0.15, 0.2) is 0 Å². The lowest BCUT2D eigenvalue weighted by atomic mass is 10.1. The smallest absolute Gasteiger partial charge is 0.318 e. The summed E-state index contributed by atoms with van der Waals surface area (Å²) in [6.45, 7) is 16.7. The summed E-state index contributed by atoms with van der Waals surface area (Å²) in [5.41, 5.74) is 2.67. The molecule has 0 aromatic carbocycles. The first-order valence-corrected chi connectivity index (χ1v) is 13.2. The lowest BCUT2D eigenvalue weighted by molar-refractivity contribution is 0.0614. The Morgan fingerprint density at radius 1 is 1.23 bits per heavy atom. The zero-order valence-electron chi connectivity index (χ0n) is 23.6. The maximum atomic E-state index is 13.3. The molecule has 2 amide bonds. The van der Waals surface area contributed by atoms with Crippen LogP contribution >= 0.6 is 0 Å². The number of ether oxygens (including phenoxy) is 3. The van der Waals surface area contributed by atoms with Crippen LogP contribution in [-0.4, -0.2) is 69.3 Å². The molecule has 1 unspecified atom stereocenters. The van der Waals surface area contributed by atoms with E-state index in [9.17, 15) is 4.79 Å². The molecule has 1 N–H and O–H groups in total. The highest BCUT2D eigenvalue weighted by Crippen LogP contribution is 2.33. The van der Waals surface area contributed by atoms with Gasteiger partial charge in [-0.3, -0.25) is 4.98 Å². The van der Waals surface area contributed by atoms with Crippen LogP contribution in [0.15, 0.2) is 56.2 Å². The monoisotopic (exact) mass is 536 g/mol. The maximum absolute atomic E-state index is 13.3. The van der Waals surface area contributed by atoms with E-state index >= 15 is 0 Å². The predicted octanol–water partition coefficient (Wildman–Crippen LogP) is 5.22. The minimum atomic E-state index is -0.324. The molecule has 10 nitrogen and oxygen atoms in total. The molecule has 0 aliphatic rings. The van der Waals surface area contributed by atoms with Crippen molar-refractivity contribution in [3.05, 3.63) is 61.9 Å². The lowest BCUT2D eigenvalue weighted by Crippen LogP contribution is -2.47. The highest BCUT2D eigenvalue weighted by atomic mass is 16.5. The number of carbonyl (C=O) groups is 1. The number of fused-ring (bicyclic) bond motifs is 1. The summed E-state index contributed by atoms with van der Waals surface area (Å²) < 4.78 is 19.1. The van der Waals surface area contributed by atoms with Crippen molar-refractivity contribution in [1.82, 2.24) is 29.6 Å². The Bertz CT molecular complexity index is 1260. The summed E-state index contributed by atoms with van der Waals surface area (Å²) in [7, 11) is 1.59. The van der Waals surface area contributed by atoms with Crippen molar-refractivity contribution in [2.24, 2.45) is 0 Å². The molecule has 3 rings (SSSR count). The summed E-state index contributed by atoms with van der Waals surface area (Å²) in [5, 5.41) is 3.08. The van der Waals surface area contributed by atoms with Crippen LogP contribution in [0.4, 0.5) is 4.79 Å². The quantitative estimate of drug-likeness (QED) is 0.210. The van der Waals surface area contributed by atoms with E-state index in [1.165, 1.54) is 0 Å². The summed E-state index contributed by atoms with van der Waals surface area (Å²) in [5.74, 6) is 0.971. The van der Waals surface area contributed by atoms with Crippen molar-refractivity contribution in [3.8, 4) is 22.9 Å². The van der Waals surface area contributed by atoms with E-state index in [0.29, 0.717) is 61.3 Å². The van der Waals surface area contributed by atoms with Crippen LogP contribution in [0.1, 0.15) is 52.3 Å². The molecule has 0 saturated heterocycles. The van der Waals surface area contributed by atoms with E-state index < -0.39 is 0 Å². The normalized spacial score (nSPS) is 12.7. The molecule has 3 aromatic rings. The third-order valence-electron chi connectivity index (χ3n) is 6.20. The Balaban J connectivity index is 1.91. The Kier molecular flexibility index (Phi) is 10.9. The van der Waals surface area contributed by atoms with E-state index in [0.717, 1.165) is 5.56 Å². The Labute approximate surface area is 230 Å². The number of carbonyl (C=O) groups excluding carboxylic acids is 1. The summed E-state index contributed by atoms with van der Waals surface area (Å²) in [6, 6.07) is 1.21. The van der Waals surface area contributed by atoms with E-state index in [1.807, 2.05) is 50.6 Å². The summed E-state index contributed by atoms with van der Waals surface area (Å²) >= 11 is 0. The molecule has 0 bridgehead atoms. The van der Waals surface area contributed by atoms with Gasteiger partial charge in [0.25, 0.3) is 5.88 Å².